The largest absolute Gasteiger partial charge is 0.394 e. The van der Waals surface area contributed by atoms with E-state index >= 15 is 0 Å². The number of hydrogen-bond donors (Lipinski definition) is 1. The van der Waals surface area contributed by atoms with Gasteiger partial charge in [-0.3, -0.25) is 0 Å². The Bertz CT molecular complexity index is 84.4. The van der Waals surface area contributed by atoms with Crippen LogP contribution >= 0.6 is 0 Å². The van der Waals surface area contributed by atoms with Gasteiger partial charge >= 0.3 is 0 Å². The summed E-state index contributed by atoms with van der Waals surface area (Å²) >= 11 is 0. The first kappa shape index (κ1) is 6.99. The minimum Gasteiger partial charge on any atom is -0.394 e. The molecule has 0 aromatic heterocycles. The second kappa shape index (κ2) is 3.15. The van der Waals surface area contributed by atoms with E-state index in [4.69, 9.17) is 9.84 Å². The molecule has 0 aliphatic carbocycles. The second-order valence-electron chi connectivity index (χ2n) is 2.30. The third-order valence-electron chi connectivity index (χ3n) is 1.51. The summed E-state index contributed by atoms with van der Waals surface area (Å²) in [5.74, 6) is 0. The first-order valence-corrected chi connectivity index (χ1v) is 3.25. The van der Waals surface area contributed by atoms with E-state index in [0.29, 0.717) is 6.42 Å². The van der Waals surface area contributed by atoms with Crippen LogP contribution in [0.1, 0.15) is 19.3 Å². The summed E-state index contributed by atoms with van der Waals surface area (Å²) in [6.07, 6.45) is 1.22. The average molecular weight is 131 g/mol. The summed E-state index contributed by atoms with van der Waals surface area (Å²) in [5.41, 5.74) is 0. The third-order valence-corrected chi connectivity index (χ3v) is 1.51. The van der Waals surface area contributed by atoms with Crippen molar-refractivity contribution in [2.45, 2.75) is 31.7 Å². The van der Waals surface area contributed by atoms with Gasteiger partial charge in [-0.05, 0) is 12.8 Å². The lowest BCUT2D eigenvalue weighted by atomic mass is 10.1. The number of rotatable bonds is 1. The van der Waals surface area contributed by atoms with Crippen LogP contribution in [0.2, 0.25) is 0 Å². The maximum absolute atomic E-state index is 10.6. The first-order chi connectivity index (χ1) is 4.33. The molecule has 1 saturated heterocycles. The van der Waals surface area contributed by atoms with Crippen LogP contribution in [0.5, 0.6) is 0 Å². The molecular weight excluding hydrogens is 120 g/mol. The second-order valence-corrected chi connectivity index (χ2v) is 2.30. The van der Waals surface area contributed by atoms with Gasteiger partial charge in [0.05, 0.1) is 12.7 Å². The first-order valence-electron chi connectivity index (χ1n) is 3.25. The Morgan fingerprint density at radius 2 is 2.33 bits per heavy atom. The fraction of sp³-hybridized carbons (Fsp3) is 1.00. The van der Waals surface area contributed by atoms with Gasteiger partial charge in [-0.1, -0.05) is 0 Å². The molecule has 0 aromatic carbocycles. The molecule has 1 aliphatic heterocycles. The van der Waals surface area contributed by atoms with Gasteiger partial charge in [0.25, 0.3) is 0 Å². The van der Waals surface area contributed by atoms with Crippen LogP contribution in [0, 0.1) is 0 Å². The molecule has 2 atom stereocenters. The molecule has 0 bridgehead atoms. The summed E-state index contributed by atoms with van der Waals surface area (Å²) < 4.78 is 4.83. The monoisotopic (exact) mass is 131 g/mol. The van der Waals surface area contributed by atoms with Gasteiger partial charge in [-0.2, -0.15) is 0 Å². The van der Waals surface area contributed by atoms with Gasteiger partial charge < -0.3 is 9.84 Å². The summed E-state index contributed by atoms with van der Waals surface area (Å²) in [4.78, 5) is 0. The highest BCUT2D eigenvalue weighted by atomic mass is 16.6. The van der Waals surface area contributed by atoms with Crippen molar-refractivity contribution < 1.29 is 14.9 Å². The number of aliphatic hydroxyl groups is 1. The smallest absolute Gasteiger partial charge is 0.191 e. The van der Waals surface area contributed by atoms with Crippen molar-refractivity contribution in [3.05, 3.63) is 0 Å². The fourth-order valence-electron chi connectivity index (χ4n) is 0.997. The van der Waals surface area contributed by atoms with Gasteiger partial charge in [0.2, 0.25) is 0 Å². The van der Waals surface area contributed by atoms with Crippen LogP contribution in [0.4, 0.5) is 0 Å². The highest BCUT2D eigenvalue weighted by Gasteiger charge is 2.19. The normalized spacial score (nSPS) is 36.7. The molecule has 3 heteroatoms. The molecule has 0 saturated carbocycles. The zero-order chi connectivity index (χ0) is 6.69. The van der Waals surface area contributed by atoms with E-state index in [-0.39, 0.29) is 12.7 Å². The van der Waals surface area contributed by atoms with E-state index in [2.05, 4.69) is 0 Å². The molecule has 1 heterocycles. The average Bonchev–Trinajstić information content (AvgIpc) is 1.88. The number of aliphatic hydroxyl groups excluding tert-OH is 1. The molecule has 1 aliphatic rings. The highest BCUT2D eigenvalue weighted by Crippen LogP contribution is 2.16. The molecule has 1 radical (unpaired) electrons. The van der Waals surface area contributed by atoms with E-state index in [1.807, 2.05) is 0 Å². The van der Waals surface area contributed by atoms with Crippen molar-refractivity contribution >= 4 is 0 Å². The van der Waals surface area contributed by atoms with Crippen LogP contribution in [0.3, 0.4) is 0 Å². The lowest BCUT2D eigenvalue weighted by molar-refractivity contribution is -0.201. The van der Waals surface area contributed by atoms with Crippen LogP contribution in [0.25, 0.3) is 0 Å². The van der Waals surface area contributed by atoms with Crippen molar-refractivity contribution in [3.63, 3.8) is 0 Å². The molecule has 1 rings (SSSR count). The molecule has 1 N–H and O–H groups in total. The zero-order valence-corrected chi connectivity index (χ0v) is 5.25. The van der Waals surface area contributed by atoms with Crippen LogP contribution in [-0.4, -0.2) is 24.1 Å². The Labute approximate surface area is 54.3 Å². The summed E-state index contributed by atoms with van der Waals surface area (Å²) in [6.45, 7) is -0.0151. The lowest BCUT2D eigenvalue weighted by Crippen LogP contribution is -2.28. The Morgan fingerprint density at radius 1 is 1.56 bits per heavy atom. The quantitative estimate of drug-likeness (QED) is 0.556. The van der Waals surface area contributed by atoms with Crippen LogP contribution < -0.4 is 0 Å². The van der Waals surface area contributed by atoms with Gasteiger partial charge in [-0.25, -0.2) is 5.11 Å². The van der Waals surface area contributed by atoms with E-state index in [0.717, 1.165) is 12.8 Å². The standard InChI is InChI=1S/C6H11O3/c7-4-5-2-1-3-6(8)9-5/h5-7H,1-4H2. The van der Waals surface area contributed by atoms with Gasteiger partial charge in [0.1, 0.15) is 0 Å². The van der Waals surface area contributed by atoms with Crippen LogP contribution in [-0.2, 0) is 9.84 Å². The van der Waals surface area contributed by atoms with E-state index in [9.17, 15) is 5.11 Å². The minimum atomic E-state index is -0.893. The summed E-state index contributed by atoms with van der Waals surface area (Å²) in [5, 5.41) is 19.1. The Kier molecular flexibility index (Phi) is 2.45. The van der Waals surface area contributed by atoms with E-state index in [1.54, 1.807) is 0 Å². The fourth-order valence-corrected chi connectivity index (χ4v) is 0.997. The highest BCUT2D eigenvalue weighted by molar-refractivity contribution is 4.63. The predicted octanol–water partition coefficient (Wildman–Crippen LogP) is 0.304. The zero-order valence-electron chi connectivity index (χ0n) is 5.25. The van der Waals surface area contributed by atoms with Crippen molar-refractivity contribution in [1.82, 2.24) is 0 Å². The third kappa shape index (κ3) is 1.93. The van der Waals surface area contributed by atoms with Gasteiger partial charge in [-0.15, -0.1) is 0 Å². The van der Waals surface area contributed by atoms with Crippen molar-refractivity contribution in [1.29, 1.82) is 0 Å². The topological polar surface area (TPSA) is 49.4 Å². The lowest BCUT2D eigenvalue weighted by Gasteiger charge is -2.23. The number of hydrogen-bond acceptors (Lipinski definition) is 2. The van der Waals surface area contributed by atoms with E-state index in [1.165, 1.54) is 0 Å². The van der Waals surface area contributed by atoms with Gasteiger partial charge in [0.15, 0.2) is 6.29 Å². The maximum Gasteiger partial charge on any atom is 0.191 e. The molecule has 2 unspecified atom stereocenters. The molecule has 1 fully saturated rings. The maximum atomic E-state index is 10.6. The van der Waals surface area contributed by atoms with Crippen LogP contribution in [0.15, 0.2) is 0 Å². The number of ether oxygens (including phenoxy) is 1. The predicted molar refractivity (Wildman–Crippen MR) is 30.3 cm³/mol. The SMILES string of the molecule is [O]C1CCCC(CO)O1. The van der Waals surface area contributed by atoms with Crippen molar-refractivity contribution in [2.24, 2.45) is 0 Å². The molecule has 0 aromatic rings. The minimum absolute atomic E-state index is 0.0151. The van der Waals surface area contributed by atoms with Gasteiger partial charge in [0, 0.05) is 6.42 Å². The van der Waals surface area contributed by atoms with Crippen molar-refractivity contribution in [3.8, 4) is 0 Å². The van der Waals surface area contributed by atoms with E-state index < -0.39 is 6.29 Å². The molecular formula is C6H11O3. The Hall–Kier alpha value is -0.120. The molecule has 3 nitrogen and oxygen atoms in total. The Morgan fingerprint density at radius 3 is 2.78 bits per heavy atom. The summed E-state index contributed by atoms with van der Waals surface area (Å²) in [7, 11) is 0. The molecule has 53 valence electrons. The van der Waals surface area contributed by atoms with Crippen molar-refractivity contribution in [2.75, 3.05) is 6.61 Å². The summed E-state index contributed by atoms with van der Waals surface area (Å²) in [6, 6.07) is 0. The molecule has 0 amide bonds. The molecule has 9 heavy (non-hydrogen) atoms. The molecule has 0 spiro atoms. The Balaban J connectivity index is 2.23.